The molecule has 0 aromatic carbocycles. The zero-order valence-electron chi connectivity index (χ0n) is 8.43. The fraction of sp³-hybridized carbons (Fsp3) is 0.400. The summed E-state index contributed by atoms with van der Waals surface area (Å²) in [6.45, 7) is 2.21. The van der Waals surface area contributed by atoms with Gasteiger partial charge >= 0.3 is 0 Å². The number of anilines is 2. The summed E-state index contributed by atoms with van der Waals surface area (Å²) in [6, 6.07) is 4.06. The average Bonchev–Trinajstić information content (AvgIpc) is 2.82. The van der Waals surface area contributed by atoms with Gasteiger partial charge in [0.1, 0.15) is 0 Å². The molecule has 15 heavy (non-hydrogen) atoms. The van der Waals surface area contributed by atoms with Gasteiger partial charge in [-0.05, 0) is 25.0 Å². The van der Waals surface area contributed by atoms with Gasteiger partial charge in [0.15, 0.2) is 5.65 Å². The maximum absolute atomic E-state index is 5.60. The minimum absolute atomic E-state index is 0.335. The minimum atomic E-state index is 0.335. The van der Waals surface area contributed by atoms with Crippen molar-refractivity contribution in [2.45, 2.75) is 12.8 Å². The van der Waals surface area contributed by atoms with Crippen LogP contribution in [0.3, 0.4) is 0 Å². The van der Waals surface area contributed by atoms with Gasteiger partial charge in [-0.3, -0.25) is 0 Å². The fourth-order valence-electron chi connectivity index (χ4n) is 2.11. The van der Waals surface area contributed by atoms with Crippen LogP contribution in [0.25, 0.3) is 5.65 Å². The second-order valence-corrected chi connectivity index (χ2v) is 3.83. The fourth-order valence-corrected chi connectivity index (χ4v) is 2.11. The molecule has 0 bridgehead atoms. The molecule has 0 saturated carbocycles. The van der Waals surface area contributed by atoms with E-state index >= 15 is 0 Å². The number of aromatic nitrogens is 3. The molecule has 1 saturated heterocycles. The van der Waals surface area contributed by atoms with Crippen molar-refractivity contribution < 1.29 is 0 Å². The van der Waals surface area contributed by atoms with E-state index in [1.54, 1.807) is 4.52 Å². The lowest BCUT2D eigenvalue weighted by Crippen LogP contribution is -2.18. The highest BCUT2D eigenvalue weighted by Gasteiger charge is 2.16. The Bertz CT molecular complexity index is 484. The molecule has 0 unspecified atom stereocenters. The molecule has 2 N–H and O–H groups in total. The van der Waals surface area contributed by atoms with E-state index in [1.807, 2.05) is 12.3 Å². The van der Waals surface area contributed by atoms with Crippen LogP contribution in [0.5, 0.6) is 0 Å². The van der Waals surface area contributed by atoms with Crippen LogP contribution in [0.2, 0.25) is 0 Å². The van der Waals surface area contributed by atoms with E-state index in [-0.39, 0.29) is 0 Å². The van der Waals surface area contributed by atoms with Crippen LogP contribution in [-0.2, 0) is 0 Å². The second-order valence-electron chi connectivity index (χ2n) is 3.83. The largest absolute Gasteiger partial charge is 0.368 e. The molecule has 2 aromatic heterocycles. The molecule has 0 atom stereocenters. The number of nitrogens with two attached hydrogens (primary N) is 1. The minimum Gasteiger partial charge on any atom is -0.368 e. The van der Waals surface area contributed by atoms with Crippen LogP contribution >= 0.6 is 0 Å². The van der Waals surface area contributed by atoms with Crippen molar-refractivity contribution >= 4 is 17.3 Å². The summed E-state index contributed by atoms with van der Waals surface area (Å²) in [5.41, 5.74) is 7.59. The summed E-state index contributed by atoms with van der Waals surface area (Å²) < 4.78 is 1.74. The van der Waals surface area contributed by atoms with Gasteiger partial charge in [-0.15, -0.1) is 5.10 Å². The molecule has 0 aliphatic carbocycles. The topological polar surface area (TPSA) is 59.5 Å². The summed E-state index contributed by atoms with van der Waals surface area (Å²) >= 11 is 0. The normalized spacial score (nSPS) is 16.4. The van der Waals surface area contributed by atoms with Gasteiger partial charge in [-0.25, -0.2) is 4.52 Å². The summed E-state index contributed by atoms with van der Waals surface area (Å²) in [6.07, 6.45) is 4.38. The van der Waals surface area contributed by atoms with Crippen LogP contribution in [0.1, 0.15) is 12.8 Å². The maximum atomic E-state index is 5.60. The number of nitrogen functional groups attached to an aromatic ring is 1. The summed E-state index contributed by atoms with van der Waals surface area (Å²) in [4.78, 5) is 6.58. The second kappa shape index (κ2) is 3.12. The van der Waals surface area contributed by atoms with E-state index in [9.17, 15) is 0 Å². The first-order valence-corrected chi connectivity index (χ1v) is 5.20. The Labute approximate surface area is 87.5 Å². The van der Waals surface area contributed by atoms with Crippen LogP contribution in [0.15, 0.2) is 18.3 Å². The Morgan fingerprint density at radius 1 is 1.27 bits per heavy atom. The van der Waals surface area contributed by atoms with Crippen LogP contribution in [0.4, 0.5) is 11.6 Å². The van der Waals surface area contributed by atoms with Crippen molar-refractivity contribution in [1.82, 2.24) is 14.6 Å². The first-order valence-electron chi connectivity index (χ1n) is 5.20. The standard InChI is InChI=1S/C10H13N5/c11-10-12-9-8(14-5-1-2-6-14)4-3-7-15(9)13-10/h3-4,7H,1-2,5-6H2,(H2,11,13). The third-order valence-electron chi connectivity index (χ3n) is 2.80. The first kappa shape index (κ1) is 8.52. The van der Waals surface area contributed by atoms with Crippen molar-refractivity contribution in [2.75, 3.05) is 23.7 Å². The highest BCUT2D eigenvalue weighted by molar-refractivity contribution is 5.69. The van der Waals surface area contributed by atoms with Crippen molar-refractivity contribution in [2.24, 2.45) is 0 Å². The van der Waals surface area contributed by atoms with E-state index in [0.29, 0.717) is 5.95 Å². The molecule has 5 heteroatoms. The van der Waals surface area contributed by atoms with Gasteiger partial charge in [-0.1, -0.05) is 0 Å². The van der Waals surface area contributed by atoms with Crippen molar-refractivity contribution in [3.05, 3.63) is 18.3 Å². The Balaban J connectivity index is 2.16. The van der Waals surface area contributed by atoms with Gasteiger partial charge in [0, 0.05) is 19.3 Å². The first-order chi connectivity index (χ1) is 7.34. The number of nitrogens with zero attached hydrogens (tertiary/aromatic N) is 4. The lowest BCUT2D eigenvalue weighted by Gasteiger charge is -2.17. The monoisotopic (exact) mass is 203 g/mol. The van der Waals surface area contributed by atoms with E-state index in [1.165, 1.54) is 12.8 Å². The van der Waals surface area contributed by atoms with E-state index in [0.717, 1.165) is 24.4 Å². The number of pyridine rings is 1. The van der Waals surface area contributed by atoms with Crippen LogP contribution in [0, 0.1) is 0 Å². The lowest BCUT2D eigenvalue weighted by atomic mass is 10.3. The quantitative estimate of drug-likeness (QED) is 0.748. The third kappa shape index (κ3) is 1.31. The molecular formula is C10H13N5. The summed E-state index contributed by atoms with van der Waals surface area (Å²) in [5.74, 6) is 0.335. The van der Waals surface area contributed by atoms with Gasteiger partial charge < -0.3 is 10.6 Å². The molecule has 2 aromatic rings. The Kier molecular flexibility index (Phi) is 1.77. The zero-order valence-corrected chi connectivity index (χ0v) is 8.43. The number of hydrogen-bond donors (Lipinski definition) is 1. The van der Waals surface area contributed by atoms with Crippen molar-refractivity contribution in [3.63, 3.8) is 0 Å². The number of hydrogen-bond acceptors (Lipinski definition) is 4. The maximum Gasteiger partial charge on any atom is 0.240 e. The highest BCUT2D eigenvalue weighted by Crippen LogP contribution is 2.24. The van der Waals surface area contributed by atoms with E-state index in [4.69, 9.17) is 5.73 Å². The Hall–Kier alpha value is -1.78. The van der Waals surface area contributed by atoms with Gasteiger partial charge in [-0.2, -0.15) is 4.98 Å². The molecular weight excluding hydrogens is 190 g/mol. The molecule has 0 radical (unpaired) electrons. The summed E-state index contributed by atoms with van der Waals surface area (Å²) in [7, 11) is 0. The predicted molar refractivity (Wildman–Crippen MR) is 58.8 cm³/mol. The molecule has 1 fully saturated rings. The molecule has 3 rings (SSSR count). The number of rotatable bonds is 1. The highest BCUT2D eigenvalue weighted by atomic mass is 15.3. The van der Waals surface area contributed by atoms with Gasteiger partial charge in [0.05, 0.1) is 5.69 Å². The smallest absolute Gasteiger partial charge is 0.240 e. The average molecular weight is 203 g/mol. The molecule has 1 aliphatic heterocycles. The predicted octanol–water partition coefficient (Wildman–Crippen LogP) is 0.912. The van der Waals surface area contributed by atoms with Crippen LogP contribution in [-0.4, -0.2) is 27.7 Å². The SMILES string of the molecule is Nc1nc2c(N3CCCC3)cccn2n1. The van der Waals surface area contributed by atoms with Gasteiger partial charge in [0.25, 0.3) is 0 Å². The van der Waals surface area contributed by atoms with E-state index < -0.39 is 0 Å². The van der Waals surface area contributed by atoms with E-state index in [2.05, 4.69) is 21.0 Å². The Morgan fingerprint density at radius 3 is 2.87 bits per heavy atom. The molecule has 0 amide bonds. The molecule has 78 valence electrons. The summed E-state index contributed by atoms with van der Waals surface area (Å²) in [5, 5.41) is 4.10. The number of fused-ring (bicyclic) bond motifs is 1. The van der Waals surface area contributed by atoms with Gasteiger partial charge in [0.2, 0.25) is 5.95 Å². The van der Waals surface area contributed by atoms with Crippen molar-refractivity contribution in [1.29, 1.82) is 0 Å². The Morgan fingerprint density at radius 2 is 2.07 bits per heavy atom. The molecule has 3 heterocycles. The van der Waals surface area contributed by atoms with Crippen LogP contribution < -0.4 is 10.6 Å². The molecule has 1 aliphatic rings. The zero-order chi connectivity index (χ0) is 10.3. The van der Waals surface area contributed by atoms with Crippen molar-refractivity contribution in [3.8, 4) is 0 Å². The third-order valence-corrected chi connectivity index (χ3v) is 2.80. The molecule has 5 nitrogen and oxygen atoms in total. The molecule has 0 spiro atoms. The lowest BCUT2D eigenvalue weighted by molar-refractivity contribution is 0.933.